The molecule has 3 unspecified atom stereocenters. The van der Waals surface area contributed by atoms with Crippen LogP contribution in [0.5, 0.6) is 23.0 Å². The Bertz CT molecular complexity index is 4640. The number of aliphatic hydroxyl groups excluding tert-OH is 2. The zero-order valence-electron chi connectivity index (χ0n) is 77.1. The van der Waals surface area contributed by atoms with Gasteiger partial charge >= 0.3 is 62.0 Å². The third kappa shape index (κ3) is 39.8. The van der Waals surface area contributed by atoms with E-state index in [4.69, 9.17) is 32.3 Å². The van der Waals surface area contributed by atoms with E-state index in [0.29, 0.717) is 64.0 Å². The molecule has 0 spiro atoms. The van der Waals surface area contributed by atoms with Crippen molar-refractivity contribution in [1.82, 2.24) is 26.9 Å². The van der Waals surface area contributed by atoms with Gasteiger partial charge in [0.2, 0.25) is 30.0 Å². The summed E-state index contributed by atoms with van der Waals surface area (Å²) < 4.78 is 37.5. The van der Waals surface area contributed by atoms with E-state index in [9.17, 15) is 39.0 Å². The van der Waals surface area contributed by atoms with Gasteiger partial charge in [-0.2, -0.15) is 0 Å². The van der Waals surface area contributed by atoms with E-state index in [2.05, 4.69) is 112 Å². The number of para-hydroxylation sites is 2. The summed E-state index contributed by atoms with van der Waals surface area (Å²) >= 11 is 0. The summed E-state index contributed by atoms with van der Waals surface area (Å²) in [6, 6.07) is 63.6. The molecule has 8 aromatic carbocycles. The first-order valence-corrected chi connectivity index (χ1v) is 45.1. The minimum atomic E-state index is -3.11. The van der Waals surface area contributed by atoms with Gasteiger partial charge in [-0.05, 0) is 153 Å². The largest absolute Gasteiger partial charge is 1.00 e. The van der Waals surface area contributed by atoms with Crippen LogP contribution in [0, 0.1) is 37.7 Å². The SMILES string of the molecule is CC(=O)NCc1ccc(C)cc1.CC1(CO)CN(c2ccccc2)NC1=O.CCC(C)(C)c1ccc(OCCCCC(=O)Cc2ccc(CNC=O)cc2)c(C(C)(C)CC)c1.CCCCCCCCCCCCCCCCOc1ccc(C2CC(=O)NN2c2ccccc2)cc1.Cc1cc(O)[c-]cc1O.Cc1ccc(N2CC(C)(CO)C(=O)N2)cc1.O=S(=O)=O.[K+]. The number of benzene rings is 8. The molecule has 0 aromatic heterocycles. The molecule has 5 amide bonds. The maximum atomic E-state index is 12.4. The molecule has 25 heteroatoms. The van der Waals surface area contributed by atoms with E-state index in [1.54, 1.807) is 30.8 Å². The van der Waals surface area contributed by atoms with Crippen LogP contribution in [-0.2, 0) is 69.7 Å². The van der Waals surface area contributed by atoms with Gasteiger partial charge in [0.25, 0.3) is 0 Å². The molecule has 3 aliphatic heterocycles. The van der Waals surface area contributed by atoms with E-state index in [-0.39, 0.29) is 122 Å². The predicted molar refractivity (Wildman–Crippen MR) is 498 cm³/mol. The topological polar surface area (TPSA) is 323 Å². The first-order valence-electron chi connectivity index (χ1n) is 44.1. The van der Waals surface area contributed by atoms with E-state index in [1.165, 1.54) is 125 Å². The Labute approximate surface area is 793 Å². The number of ketones is 1. The van der Waals surface area contributed by atoms with Crippen LogP contribution in [0.3, 0.4) is 0 Å². The number of hydrogen-bond acceptors (Lipinski definition) is 18. The second-order valence-corrected chi connectivity index (χ2v) is 34.6. The number of hydrazine groups is 3. The van der Waals surface area contributed by atoms with Crippen LogP contribution >= 0.6 is 0 Å². The molecule has 11 rings (SSSR count). The van der Waals surface area contributed by atoms with Crippen molar-refractivity contribution in [3.8, 4) is 23.0 Å². The number of rotatable bonds is 39. The number of carbonyl (C=O) groups is 6. The fourth-order valence-electron chi connectivity index (χ4n) is 13.6. The number of carbonyl (C=O) groups excluding carboxylic acids is 6. The number of anilines is 3. The van der Waals surface area contributed by atoms with Crippen LogP contribution in [-0.4, -0.2) is 108 Å². The molecule has 3 fully saturated rings. The van der Waals surface area contributed by atoms with Gasteiger partial charge in [-0.25, -0.2) is 0 Å². The third-order valence-corrected chi connectivity index (χ3v) is 22.7. The van der Waals surface area contributed by atoms with Crippen LogP contribution in [0.25, 0.3) is 0 Å². The van der Waals surface area contributed by atoms with Gasteiger partial charge in [0.05, 0.1) is 79.9 Å². The molecule has 0 saturated carbocycles. The number of nitrogens with one attached hydrogen (secondary N) is 5. The Morgan fingerprint density at radius 2 is 1.02 bits per heavy atom. The smallest absolute Gasteiger partial charge is 0.565 e. The Balaban J connectivity index is 0.000000333. The first-order chi connectivity index (χ1) is 59.7. The van der Waals surface area contributed by atoms with Crippen molar-refractivity contribution >= 4 is 63.5 Å². The van der Waals surface area contributed by atoms with E-state index in [0.717, 1.165) is 89.5 Å². The summed E-state index contributed by atoms with van der Waals surface area (Å²) in [4.78, 5) is 68.7. The molecule has 0 bridgehead atoms. The molecule has 3 atom stereocenters. The Morgan fingerprint density at radius 3 is 1.50 bits per heavy atom. The molecular weight excluding hydrogens is 1640 g/mol. The van der Waals surface area contributed by atoms with Gasteiger partial charge in [-0.1, -0.05) is 271 Å². The van der Waals surface area contributed by atoms with Gasteiger partial charge < -0.3 is 40.5 Å². The average molecular weight is 1780 g/mol. The number of aryl methyl sites for hydroxylation is 3. The number of nitrogens with zero attached hydrogens (tertiary/aromatic N) is 3. The molecule has 23 nitrogen and oxygen atoms in total. The summed E-state index contributed by atoms with van der Waals surface area (Å²) in [6.45, 7) is 29.9. The Morgan fingerprint density at radius 1 is 0.563 bits per heavy atom. The monoisotopic (exact) mass is 1770 g/mol. The number of unbranched alkanes of at least 4 members (excludes halogenated alkanes) is 14. The van der Waals surface area contributed by atoms with Gasteiger partial charge in [-0.15, -0.1) is 36.4 Å². The maximum Gasteiger partial charge on any atom is 1.00 e. The van der Waals surface area contributed by atoms with Gasteiger partial charge in [0, 0.05) is 49.9 Å². The van der Waals surface area contributed by atoms with Crippen molar-refractivity contribution in [2.24, 2.45) is 10.8 Å². The molecule has 9 N–H and O–H groups in total. The fraction of sp³-hybridized carbons (Fsp3) is 0.465. The van der Waals surface area contributed by atoms with E-state index < -0.39 is 21.4 Å². The van der Waals surface area contributed by atoms with Crippen LogP contribution in [0.2, 0.25) is 0 Å². The zero-order chi connectivity index (χ0) is 91.8. The minimum absolute atomic E-state index is 0. The number of hydrogen-bond donors (Lipinski definition) is 9. The summed E-state index contributed by atoms with van der Waals surface area (Å²) in [7, 11) is -3.11. The minimum Gasteiger partial charge on any atom is -0.565 e. The quantitative estimate of drug-likeness (QED) is 0.00568. The second kappa shape index (κ2) is 58.1. The molecule has 0 aliphatic carbocycles. The van der Waals surface area contributed by atoms with Crippen molar-refractivity contribution in [3.05, 3.63) is 244 Å². The maximum absolute atomic E-state index is 12.4. The molecule has 126 heavy (non-hydrogen) atoms. The molecule has 8 aromatic rings. The van der Waals surface area contributed by atoms with Gasteiger partial charge in [0.1, 0.15) is 17.3 Å². The van der Waals surface area contributed by atoms with Crippen LogP contribution in [0.15, 0.2) is 188 Å². The summed E-state index contributed by atoms with van der Waals surface area (Å²) in [5.41, 5.74) is 20.2. The number of amides is 5. The van der Waals surface area contributed by atoms with Crippen molar-refractivity contribution in [2.75, 3.05) is 54.5 Å². The number of phenolic OH excluding ortho intramolecular Hbond substituents is 2. The van der Waals surface area contributed by atoms with E-state index in [1.807, 2.05) is 164 Å². The fourth-order valence-corrected chi connectivity index (χ4v) is 13.6. The first kappa shape index (κ1) is 109. The summed E-state index contributed by atoms with van der Waals surface area (Å²) in [6.07, 6.45) is 25.2. The number of Topliss-reactive ketones (excluding diaryl/α,β-unsaturated/α-hetero) is 1. The second-order valence-electron chi connectivity index (χ2n) is 34.1. The van der Waals surface area contributed by atoms with Gasteiger partial charge in [0.15, 0.2) is 0 Å². The molecule has 3 heterocycles. The number of ether oxygens (including phenoxy) is 2. The van der Waals surface area contributed by atoms with Crippen molar-refractivity contribution in [1.29, 1.82) is 0 Å². The van der Waals surface area contributed by atoms with Crippen molar-refractivity contribution in [2.45, 2.75) is 255 Å². The van der Waals surface area contributed by atoms with Crippen LogP contribution in [0.1, 0.15) is 254 Å². The Hall–Kier alpha value is -9.44. The summed E-state index contributed by atoms with van der Waals surface area (Å²) in [5.74, 6) is 2.15. The molecular formula is C101H139KN8O15S. The third-order valence-electron chi connectivity index (χ3n) is 22.7. The molecule has 680 valence electrons. The normalized spacial score (nSPS) is 15.4. The zero-order valence-corrected chi connectivity index (χ0v) is 81.0. The number of aromatic hydroxyl groups is 2. The molecule has 0 radical (unpaired) electrons. The molecule has 3 saturated heterocycles. The number of aliphatic hydroxyl groups is 2. The van der Waals surface area contributed by atoms with E-state index >= 15 is 0 Å². The van der Waals surface area contributed by atoms with Crippen LogP contribution in [0.4, 0.5) is 17.1 Å². The molecule has 3 aliphatic rings. The average Bonchev–Trinajstić information content (AvgIpc) is 1.66. The number of phenols is 2. The Kier molecular flexibility index (Phi) is 50.2. The van der Waals surface area contributed by atoms with Crippen molar-refractivity contribution < 1.29 is 123 Å². The summed E-state index contributed by atoms with van der Waals surface area (Å²) in [5, 5.41) is 47.0. The van der Waals surface area contributed by atoms with Crippen LogP contribution < -0.4 is 103 Å². The van der Waals surface area contributed by atoms with Gasteiger partial charge in [-0.3, -0.25) is 60.1 Å². The van der Waals surface area contributed by atoms with Crippen molar-refractivity contribution in [3.63, 3.8) is 0 Å². The predicted octanol–water partition coefficient (Wildman–Crippen LogP) is 15.4. The standard InChI is InChI=1S/C31H46N2O2.C30H43NO3.C12H16N2O2.C11H14N2O2.C10H13NO.C7H7O2.K.O3S/c1-2-3-4-5-6-7-8-9-10-11-12-13-14-18-25-35-29-23-21-27(22-24-29)30-26-31(34)32-33(30)28-19-16-15-17-20-28;1-7-29(3,4)25-16-17-28(27(20-25)30(5,6)8-2)34-18-10-9-11-26(33)19-23-12-14-24(15-13-23)21-31-22-32;1-9-3-5-10(6-4-9)14-7-12(2,8-15)11(16)13-14;1-11(8-14)7-13(12-10(11)15)9-5-3-2-4-6-9;1-8-3-5-10(6-4-8)7-11-9(2)12;1-5-4-6(8)2-3-7(5)9;;1-4(2)3/h15-17,19-24,30H,2-14,18,25-26H2,1H3,(H,32,34);12-17,20,22H,7-11,18-19,21H2,1-6H3,(H,31,32);3-6,15H,7-8H2,1-2H3,(H,13,16);2-6,14H,7-8H2,1H3,(H,12,15);3-6H,7H2,1-2H3,(H,11,12);3-4,8-9H,1H3;;/q;;;;;-1;+1;.